The summed E-state index contributed by atoms with van der Waals surface area (Å²) in [5.74, 6) is 0. The molecule has 0 radical (unpaired) electrons. The number of thiazole rings is 1. The summed E-state index contributed by atoms with van der Waals surface area (Å²) in [7, 11) is 0. The van der Waals surface area contributed by atoms with E-state index in [1.165, 1.54) is 11.3 Å². The Labute approximate surface area is 105 Å². The van der Waals surface area contributed by atoms with Gasteiger partial charge in [-0.25, -0.2) is 9.78 Å². The highest BCUT2D eigenvalue weighted by Gasteiger charge is 2.17. The fourth-order valence-corrected chi connectivity index (χ4v) is 2.20. The van der Waals surface area contributed by atoms with Crippen LogP contribution in [0.1, 0.15) is 31.3 Å². The van der Waals surface area contributed by atoms with Crippen LogP contribution >= 0.6 is 11.3 Å². The third-order valence-corrected chi connectivity index (χ3v) is 3.00. The van der Waals surface area contributed by atoms with E-state index in [-0.39, 0.29) is 0 Å². The topological polar surface area (TPSA) is 77.2 Å². The van der Waals surface area contributed by atoms with Gasteiger partial charge in [0.25, 0.3) is 0 Å². The van der Waals surface area contributed by atoms with Crippen LogP contribution in [0.5, 0.6) is 0 Å². The molecular weight excluding hydrogens is 238 g/mol. The smallest absolute Gasteiger partial charge is 0.413 e. The average molecular weight is 257 g/mol. The van der Waals surface area contributed by atoms with Crippen molar-refractivity contribution in [2.75, 3.05) is 11.9 Å². The van der Waals surface area contributed by atoms with Gasteiger partial charge in [-0.2, -0.15) is 0 Å². The fourth-order valence-electron chi connectivity index (χ4n) is 1.24. The van der Waals surface area contributed by atoms with Crippen molar-refractivity contribution in [3.63, 3.8) is 0 Å². The quantitative estimate of drug-likeness (QED) is 0.871. The highest BCUT2D eigenvalue weighted by atomic mass is 32.1. The lowest BCUT2D eigenvalue weighted by atomic mass is 10.2. The summed E-state index contributed by atoms with van der Waals surface area (Å²) in [6.07, 6.45) is 0.296. The highest BCUT2D eigenvalue weighted by molar-refractivity contribution is 7.15. The van der Waals surface area contributed by atoms with Gasteiger partial charge in [0.15, 0.2) is 5.13 Å². The summed E-state index contributed by atoms with van der Waals surface area (Å²) in [5.41, 5.74) is 5.90. The molecule has 1 heterocycles. The lowest BCUT2D eigenvalue weighted by Crippen LogP contribution is -2.27. The molecule has 0 saturated heterocycles. The normalized spacial score (nSPS) is 11.4. The van der Waals surface area contributed by atoms with Crippen LogP contribution in [0.4, 0.5) is 9.93 Å². The Bertz CT molecular complexity index is 396. The first-order valence-corrected chi connectivity index (χ1v) is 6.30. The molecular formula is C11H19N3O2S. The zero-order chi connectivity index (χ0) is 13.1. The van der Waals surface area contributed by atoms with E-state index in [0.717, 1.165) is 17.0 Å². The molecule has 0 aliphatic carbocycles. The Morgan fingerprint density at radius 3 is 2.71 bits per heavy atom. The van der Waals surface area contributed by atoms with E-state index < -0.39 is 11.7 Å². The number of carbonyl (C=O) groups is 1. The standard InChI is InChI=1S/C11H19N3O2S/c1-7-8(5-6-12)17-9(13-7)14-10(15)16-11(2,3)4/h5-6,12H2,1-4H3,(H,13,14,15). The molecule has 0 aromatic carbocycles. The molecule has 0 atom stereocenters. The van der Waals surface area contributed by atoms with Crippen molar-refractivity contribution >= 4 is 22.6 Å². The number of amides is 1. The summed E-state index contributed by atoms with van der Waals surface area (Å²) in [6.45, 7) is 7.94. The first kappa shape index (κ1) is 13.9. The minimum atomic E-state index is -0.503. The number of anilines is 1. The minimum absolute atomic E-state index is 0.481. The monoisotopic (exact) mass is 257 g/mol. The van der Waals surface area contributed by atoms with Gasteiger partial charge in [0.2, 0.25) is 0 Å². The number of nitrogens with one attached hydrogen (secondary N) is 1. The second-order valence-electron chi connectivity index (χ2n) is 4.69. The molecule has 1 aromatic heterocycles. The number of nitrogens with zero attached hydrogens (tertiary/aromatic N) is 1. The average Bonchev–Trinajstić information content (AvgIpc) is 2.43. The third-order valence-electron chi connectivity index (χ3n) is 1.87. The highest BCUT2D eigenvalue weighted by Crippen LogP contribution is 2.23. The summed E-state index contributed by atoms with van der Waals surface area (Å²) < 4.78 is 5.14. The molecule has 0 saturated carbocycles. The fraction of sp³-hybridized carbons (Fsp3) is 0.636. The SMILES string of the molecule is Cc1nc(NC(=O)OC(C)(C)C)sc1CCN. The molecule has 0 aliphatic heterocycles. The van der Waals surface area contributed by atoms with E-state index in [9.17, 15) is 4.79 Å². The molecule has 0 unspecified atom stereocenters. The van der Waals surface area contributed by atoms with Gasteiger partial charge in [0.1, 0.15) is 5.60 Å². The molecule has 0 bridgehead atoms. The second-order valence-corrected chi connectivity index (χ2v) is 5.78. The van der Waals surface area contributed by atoms with Crippen molar-refractivity contribution in [1.29, 1.82) is 0 Å². The van der Waals surface area contributed by atoms with Crippen molar-refractivity contribution < 1.29 is 9.53 Å². The Hall–Kier alpha value is -1.14. The Kier molecular flexibility index (Phi) is 4.47. The van der Waals surface area contributed by atoms with E-state index in [1.54, 1.807) is 0 Å². The molecule has 1 amide bonds. The predicted molar refractivity (Wildman–Crippen MR) is 69.5 cm³/mol. The van der Waals surface area contributed by atoms with Crippen LogP contribution < -0.4 is 11.1 Å². The summed E-state index contributed by atoms with van der Waals surface area (Å²) in [4.78, 5) is 16.9. The van der Waals surface area contributed by atoms with Crippen LogP contribution in [-0.4, -0.2) is 23.2 Å². The lowest BCUT2D eigenvalue weighted by Gasteiger charge is -2.18. The maximum atomic E-state index is 11.5. The van der Waals surface area contributed by atoms with Gasteiger partial charge in [-0.05, 0) is 40.7 Å². The van der Waals surface area contributed by atoms with Gasteiger partial charge in [0, 0.05) is 4.88 Å². The number of hydrogen-bond acceptors (Lipinski definition) is 5. The molecule has 0 spiro atoms. The van der Waals surface area contributed by atoms with Gasteiger partial charge in [-0.3, -0.25) is 5.32 Å². The number of ether oxygens (including phenoxy) is 1. The third kappa shape index (κ3) is 4.70. The molecule has 0 aliphatic rings. The van der Waals surface area contributed by atoms with Gasteiger partial charge in [-0.1, -0.05) is 0 Å². The molecule has 0 fully saturated rings. The van der Waals surface area contributed by atoms with Crippen molar-refractivity contribution in [1.82, 2.24) is 4.98 Å². The van der Waals surface area contributed by atoms with Gasteiger partial charge < -0.3 is 10.5 Å². The number of aryl methyl sites for hydroxylation is 1. The molecule has 1 aromatic rings. The van der Waals surface area contributed by atoms with E-state index in [0.29, 0.717) is 11.7 Å². The first-order chi connectivity index (χ1) is 7.81. The molecule has 6 heteroatoms. The Morgan fingerprint density at radius 2 is 2.18 bits per heavy atom. The van der Waals surface area contributed by atoms with E-state index in [2.05, 4.69) is 10.3 Å². The zero-order valence-corrected chi connectivity index (χ0v) is 11.5. The Morgan fingerprint density at radius 1 is 1.53 bits per heavy atom. The van der Waals surface area contributed by atoms with E-state index in [4.69, 9.17) is 10.5 Å². The van der Waals surface area contributed by atoms with Crippen molar-refractivity contribution in [2.24, 2.45) is 5.73 Å². The van der Waals surface area contributed by atoms with Crippen molar-refractivity contribution in [2.45, 2.75) is 39.7 Å². The van der Waals surface area contributed by atoms with Gasteiger partial charge in [-0.15, -0.1) is 11.3 Å². The Balaban J connectivity index is 2.63. The van der Waals surface area contributed by atoms with Crippen LogP contribution in [-0.2, 0) is 11.2 Å². The largest absolute Gasteiger partial charge is 0.444 e. The van der Waals surface area contributed by atoms with E-state index in [1.807, 2.05) is 27.7 Å². The van der Waals surface area contributed by atoms with Crippen LogP contribution in [0, 0.1) is 6.92 Å². The van der Waals surface area contributed by atoms with Crippen LogP contribution in [0.15, 0.2) is 0 Å². The lowest BCUT2D eigenvalue weighted by molar-refractivity contribution is 0.0636. The second kappa shape index (κ2) is 5.46. The number of carbonyl (C=O) groups excluding carboxylic acids is 1. The first-order valence-electron chi connectivity index (χ1n) is 5.48. The molecule has 96 valence electrons. The zero-order valence-electron chi connectivity index (χ0n) is 10.7. The molecule has 3 N–H and O–H groups in total. The summed E-state index contributed by atoms with van der Waals surface area (Å²) in [5, 5.41) is 3.18. The summed E-state index contributed by atoms with van der Waals surface area (Å²) in [6, 6.07) is 0. The minimum Gasteiger partial charge on any atom is -0.444 e. The summed E-state index contributed by atoms with van der Waals surface area (Å²) >= 11 is 1.44. The van der Waals surface area contributed by atoms with Crippen LogP contribution in [0.2, 0.25) is 0 Å². The van der Waals surface area contributed by atoms with E-state index >= 15 is 0 Å². The van der Waals surface area contributed by atoms with Crippen molar-refractivity contribution in [3.05, 3.63) is 10.6 Å². The number of rotatable bonds is 3. The number of aromatic nitrogens is 1. The number of nitrogens with two attached hydrogens (primary N) is 1. The molecule has 1 rings (SSSR count). The maximum Gasteiger partial charge on any atom is 0.413 e. The van der Waals surface area contributed by atoms with Crippen molar-refractivity contribution in [3.8, 4) is 0 Å². The maximum absolute atomic E-state index is 11.5. The number of hydrogen-bond donors (Lipinski definition) is 2. The predicted octanol–water partition coefficient (Wildman–Crippen LogP) is 2.30. The van der Waals surface area contributed by atoms with Crippen LogP contribution in [0.25, 0.3) is 0 Å². The molecule has 17 heavy (non-hydrogen) atoms. The van der Waals surface area contributed by atoms with Crippen LogP contribution in [0.3, 0.4) is 0 Å². The van der Waals surface area contributed by atoms with Gasteiger partial charge in [0.05, 0.1) is 5.69 Å². The molecule has 5 nitrogen and oxygen atoms in total. The van der Waals surface area contributed by atoms with Gasteiger partial charge >= 0.3 is 6.09 Å².